The van der Waals surface area contributed by atoms with E-state index in [2.05, 4.69) is 56.4 Å². The lowest BCUT2D eigenvalue weighted by Gasteiger charge is -2.12. The largest absolute Gasteiger partial charge is 0.463 e. The van der Waals surface area contributed by atoms with Gasteiger partial charge in [0.25, 0.3) is 0 Å². The minimum Gasteiger partial charge on any atom is -0.463 e. The van der Waals surface area contributed by atoms with Crippen molar-refractivity contribution in [2.45, 2.75) is 135 Å². The molecule has 1 unspecified atom stereocenters. The standard InChI is InChI=1S/C33H56O6/c1-3-5-6-7-15-19-22-26-32(36)38-28-31(35)29-39-33(37)27-23-20-17-14-12-10-8-9-11-13-16-18-21-25-30(34)24-4-2/h8,10-11,13-14,17-18,21,30-31,34-35H,3-7,9,12,15-16,19-20,22-29H2,1-2H3/b10-8-,13-11-,17-14-,21-18-/t30?,31-/m0/s1. The van der Waals surface area contributed by atoms with E-state index in [1.807, 2.05) is 6.08 Å². The lowest BCUT2D eigenvalue weighted by Crippen LogP contribution is -2.25. The average molecular weight is 549 g/mol. The van der Waals surface area contributed by atoms with E-state index in [0.717, 1.165) is 64.2 Å². The fourth-order valence-corrected chi connectivity index (χ4v) is 3.80. The lowest BCUT2D eigenvalue weighted by atomic mass is 10.1. The molecule has 0 rings (SSSR count). The molecule has 0 saturated carbocycles. The first kappa shape index (κ1) is 36.8. The molecule has 0 fully saturated rings. The van der Waals surface area contributed by atoms with Crippen LogP contribution >= 0.6 is 0 Å². The van der Waals surface area contributed by atoms with Gasteiger partial charge in [0.05, 0.1) is 6.10 Å². The second-order valence-electron chi connectivity index (χ2n) is 10.1. The molecule has 0 aromatic carbocycles. The third-order valence-corrected chi connectivity index (χ3v) is 6.12. The summed E-state index contributed by atoms with van der Waals surface area (Å²) >= 11 is 0. The molecule has 0 heterocycles. The quantitative estimate of drug-likeness (QED) is 0.0654. The Labute approximate surface area is 238 Å². The van der Waals surface area contributed by atoms with E-state index in [4.69, 9.17) is 9.47 Å². The molecular formula is C33H56O6. The van der Waals surface area contributed by atoms with Crippen LogP contribution in [0.5, 0.6) is 0 Å². The summed E-state index contributed by atoms with van der Waals surface area (Å²) in [5, 5.41) is 19.5. The molecular weight excluding hydrogens is 492 g/mol. The molecule has 0 radical (unpaired) electrons. The summed E-state index contributed by atoms with van der Waals surface area (Å²) in [5.74, 6) is -0.661. The number of unbranched alkanes of at least 4 members (excludes halogenated alkanes) is 7. The number of aliphatic hydroxyl groups excluding tert-OH is 2. The van der Waals surface area contributed by atoms with Crippen LogP contribution in [0.25, 0.3) is 0 Å². The van der Waals surface area contributed by atoms with Crippen molar-refractivity contribution in [3.05, 3.63) is 48.6 Å². The first-order valence-corrected chi connectivity index (χ1v) is 15.3. The lowest BCUT2D eigenvalue weighted by molar-refractivity contribution is -0.152. The fraction of sp³-hybridized carbons (Fsp3) is 0.697. The summed E-state index contributed by atoms with van der Waals surface area (Å²) in [5.41, 5.74) is 0. The van der Waals surface area contributed by atoms with Gasteiger partial charge in [-0.3, -0.25) is 9.59 Å². The highest BCUT2D eigenvalue weighted by Gasteiger charge is 2.11. The molecule has 224 valence electrons. The topological polar surface area (TPSA) is 93.1 Å². The number of carbonyl (C=O) groups excluding carboxylic acids is 2. The summed E-state index contributed by atoms with van der Waals surface area (Å²) in [6.45, 7) is 3.97. The van der Waals surface area contributed by atoms with E-state index in [1.165, 1.54) is 25.7 Å². The van der Waals surface area contributed by atoms with E-state index in [-0.39, 0.29) is 31.3 Å². The second-order valence-corrected chi connectivity index (χ2v) is 10.1. The van der Waals surface area contributed by atoms with Gasteiger partial charge in [0.2, 0.25) is 0 Å². The van der Waals surface area contributed by atoms with Gasteiger partial charge < -0.3 is 19.7 Å². The van der Waals surface area contributed by atoms with Crippen molar-refractivity contribution in [2.24, 2.45) is 0 Å². The van der Waals surface area contributed by atoms with Gasteiger partial charge in [-0.25, -0.2) is 0 Å². The van der Waals surface area contributed by atoms with Crippen molar-refractivity contribution < 1.29 is 29.3 Å². The number of hydrogen-bond acceptors (Lipinski definition) is 6. The van der Waals surface area contributed by atoms with Gasteiger partial charge in [-0.1, -0.05) is 107 Å². The number of aliphatic hydroxyl groups is 2. The van der Waals surface area contributed by atoms with Crippen LogP contribution in [0.4, 0.5) is 0 Å². The molecule has 39 heavy (non-hydrogen) atoms. The maximum atomic E-state index is 11.8. The number of allylic oxidation sites excluding steroid dienone is 7. The molecule has 6 nitrogen and oxygen atoms in total. The Morgan fingerprint density at radius 1 is 0.590 bits per heavy atom. The van der Waals surface area contributed by atoms with Gasteiger partial charge in [-0.05, 0) is 51.4 Å². The van der Waals surface area contributed by atoms with Crippen LogP contribution in [0, 0.1) is 0 Å². The second kappa shape index (κ2) is 28.8. The maximum absolute atomic E-state index is 11.8. The zero-order valence-electron chi connectivity index (χ0n) is 24.7. The third kappa shape index (κ3) is 28.6. The highest BCUT2D eigenvalue weighted by molar-refractivity contribution is 5.69. The van der Waals surface area contributed by atoms with Crippen LogP contribution in [0.2, 0.25) is 0 Å². The Bertz CT molecular complexity index is 694. The Balaban J connectivity index is 3.64. The summed E-state index contributed by atoms with van der Waals surface area (Å²) in [6, 6.07) is 0. The van der Waals surface area contributed by atoms with Crippen molar-refractivity contribution in [2.75, 3.05) is 13.2 Å². The van der Waals surface area contributed by atoms with Gasteiger partial charge in [0.15, 0.2) is 0 Å². The molecule has 0 bridgehead atoms. The summed E-state index contributed by atoms with van der Waals surface area (Å²) in [4.78, 5) is 23.6. The van der Waals surface area contributed by atoms with E-state index in [0.29, 0.717) is 19.3 Å². The SMILES string of the molecule is CCCCCCCCCC(=O)OC[C@H](O)COC(=O)CCC/C=C\C/C=C\C/C=C\C/C=C\CC(O)CCC. The molecule has 0 aliphatic carbocycles. The Kier molecular flexibility index (Phi) is 27.2. The maximum Gasteiger partial charge on any atom is 0.305 e. The van der Waals surface area contributed by atoms with Crippen LogP contribution in [-0.2, 0) is 19.1 Å². The van der Waals surface area contributed by atoms with Crippen LogP contribution in [-0.4, -0.2) is 47.6 Å². The minimum absolute atomic E-state index is 0.143. The fourth-order valence-electron chi connectivity index (χ4n) is 3.80. The monoisotopic (exact) mass is 548 g/mol. The molecule has 2 N–H and O–H groups in total. The molecule has 0 aromatic rings. The van der Waals surface area contributed by atoms with Crippen molar-refractivity contribution >= 4 is 11.9 Å². The van der Waals surface area contributed by atoms with Crippen LogP contribution in [0.15, 0.2) is 48.6 Å². The van der Waals surface area contributed by atoms with Crippen LogP contribution < -0.4 is 0 Å². The van der Waals surface area contributed by atoms with Crippen LogP contribution in [0.3, 0.4) is 0 Å². The van der Waals surface area contributed by atoms with Gasteiger partial charge in [-0.15, -0.1) is 0 Å². The van der Waals surface area contributed by atoms with E-state index < -0.39 is 6.10 Å². The molecule has 0 aromatic heterocycles. The predicted molar refractivity (Wildman–Crippen MR) is 160 cm³/mol. The van der Waals surface area contributed by atoms with Gasteiger partial charge in [0, 0.05) is 12.8 Å². The third-order valence-electron chi connectivity index (χ3n) is 6.12. The first-order valence-electron chi connectivity index (χ1n) is 15.3. The Morgan fingerprint density at radius 2 is 1.08 bits per heavy atom. The number of esters is 2. The summed E-state index contributed by atoms with van der Waals surface area (Å²) < 4.78 is 10.2. The highest BCUT2D eigenvalue weighted by Crippen LogP contribution is 2.09. The van der Waals surface area contributed by atoms with Crippen LogP contribution in [0.1, 0.15) is 123 Å². The normalized spacial score (nSPS) is 13.6. The Morgan fingerprint density at radius 3 is 1.64 bits per heavy atom. The van der Waals surface area contributed by atoms with E-state index >= 15 is 0 Å². The molecule has 2 atom stereocenters. The molecule has 0 aliphatic heterocycles. The average Bonchev–Trinajstić information content (AvgIpc) is 2.92. The van der Waals surface area contributed by atoms with E-state index in [1.54, 1.807) is 0 Å². The van der Waals surface area contributed by atoms with Crippen molar-refractivity contribution in [1.82, 2.24) is 0 Å². The van der Waals surface area contributed by atoms with Crippen molar-refractivity contribution in [3.8, 4) is 0 Å². The minimum atomic E-state index is -0.991. The number of ether oxygens (including phenoxy) is 2. The zero-order valence-corrected chi connectivity index (χ0v) is 24.7. The molecule has 0 amide bonds. The number of hydrogen-bond donors (Lipinski definition) is 2. The zero-order chi connectivity index (χ0) is 28.8. The van der Waals surface area contributed by atoms with E-state index in [9.17, 15) is 19.8 Å². The summed E-state index contributed by atoms with van der Waals surface area (Å²) in [6.07, 6.45) is 30.9. The highest BCUT2D eigenvalue weighted by atomic mass is 16.6. The molecule has 0 saturated heterocycles. The van der Waals surface area contributed by atoms with Gasteiger partial charge in [-0.2, -0.15) is 0 Å². The first-order chi connectivity index (χ1) is 19.0. The smallest absolute Gasteiger partial charge is 0.305 e. The number of carbonyl (C=O) groups is 2. The van der Waals surface area contributed by atoms with Gasteiger partial charge >= 0.3 is 11.9 Å². The molecule has 6 heteroatoms. The molecule has 0 aliphatic rings. The predicted octanol–water partition coefficient (Wildman–Crippen LogP) is 7.69. The molecule has 0 spiro atoms. The van der Waals surface area contributed by atoms with Crippen molar-refractivity contribution in [1.29, 1.82) is 0 Å². The Hall–Kier alpha value is -2.18. The van der Waals surface area contributed by atoms with Gasteiger partial charge in [0.1, 0.15) is 19.3 Å². The van der Waals surface area contributed by atoms with Crippen molar-refractivity contribution in [3.63, 3.8) is 0 Å². The summed E-state index contributed by atoms with van der Waals surface area (Å²) in [7, 11) is 0. The number of rotatable bonds is 26.